The summed E-state index contributed by atoms with van der Waals surface area (Å²) >= 11 is 0. The molecule has 8 heteroatoms. The first-order valence-corrected chi connectivity index (χ1v) is 8.31. The van der Waals surface area contributed by atoms with Crippen molar-refractivity contribution in [3.05, 3.63) is 40.6 Å². The standard InChI is InChI=1S/C18H22N2O6/c1-4-12-15(17(23)25-5-2)13(20-18(24)19-12)9-26-16(22)11-7-6-10(3)8-14(11)21/h6-8,12,21H,4-5,9H2,1-3H3,(H2,19,20,24)/t12-/m1/s1. The Hall–Kier alpha value is -3.03. The van der Waals surface area contributed by atoms with Crippen LogP contribution in [0.2, 0.25) is 0 Å². The molecule has 0 spiro atoms. The highest BCUT2D eigenvalue weighted by Gasteiger charge is 2.32. The Labute approximate surface area is 151 Å². The van der Waals surface area contributed by atoms with Crippen molar-refractivity contribution in [1.82, 2.24) is 10.6 Å². The number of hydrogen-bond donors (Lipinski definition) is 3. The molecule has 1 heterocycles. The molecule has 1 aliphatic heterocycles. The minimum atomic E-state index is -0.765. The predicted molar refractivity (Wildman–Crippen MR) is 92.5 cm³/mol. The molecule has 0 saturated heterocycles. The zero-order valence-corrected chi connectivity index (χ0v) is 14.9. The van der Waals surface area contributed by atoms with Crippen LogP contribution in [0.4, 0.5) is 4.79 Å². The normalized spacial score (nSPS) is 16.6. The van der Waals surface area contributed by atoms with E-state index in [9.17, 15) is 19.5 Å². The predicted octanol–water partition coefficient (Wildman–Crippen LogP) is 1.77. The van der Waals surface area contributed by atoms with Crippen molar-refractivity contribution in [3.63, 3.8) is 0 Å². The van der Waals surface area contributed by atoms with Crippen molar-refractivity contribution in [3.8, 4) is 5.75 Å². The molecule has 140 valence electrons. The van der Waals surface area contributed by atoms with Crippen molar-refractivity contribution in [2.75, 3.05) is 13.2 Å². The fourth-order valence-electron chi connectivity index (χ4n) is 2.61. The molecule has 2 amide bonds. The molecule has 1 aromatic rings. The summed E-state index contributed by atoms with van der Waals surface area (Å²) in [5.41, 5.74) is 1.18. The molecule has 0 unspecified atom stereocenters. The topological polar surface area (TPSA) is 114 Å². The maximum Gasteiger partial charge on any atom is 0.342 e. The summed E-state index contributed by atoms with van der Waals surface area (Å²) in [6.45, 7) is 5.11. The monoisotopic (exact) mass is 362 g/mol. The van der Waals surface area contributed by atoms with Crippen LogP contribution in [0.25, 0.3) is 0 Å². The van der Waals surface area contributed by atoms with Crippen LogP contribution in [-0.4, -0.2) is 42.3 Å². The fraction of sp³-hybridized carbons (Fsp3) is 0.389. The molecule has 0 saturated carbocycles. The van der Waals surface area contributed by atoms with Gasteiger partial charge >= 0.3 is 18.0 Å². The maximum absolute atomic E-state index is 12.2. The molecule has 0 fully saturated rings. The third-order valence-corrected chi connectivity index (χ3v) is 3.87. The van der Waals surface area contributed by atoms with Gasteiger partial charge in [0.25, 0.3) is 0 Å². The summed E-state index contributed by atoms with van der Waals surface area (Å²) in [7, 11) is 0. The van der Waals surface area contributed by atoms with Crippen LogP contribution < -0.4 is 10.6 Å². The molecular formula is C18H22N2O6. The number of aryl methyl sites for hydroxylation is 1. The number of hydrogen-bond acceptors (Lipinski definition) is 6. The summed E-state index contributed by atoms with van der Waals surface area (Å²) in [6.07, 6.45) is 0.470. The molecule has 26 heavy (non-hydrogen) atoms. The smallest absolute Gasteiger partial charge is 0.342 e. The Kier molecular flexibility index (Phi) is 6.21. The van der Waals surface area contributed by atoms with Crippen LogP contribution in [0.15, 0.2) is 29.5 Å². The SMILES string of the molecule is CCOC(=O)C1=C(COC(=O)c2ccc(C)cc2O)NC(=O)N[C@@H]1CC. The van der Waals surface area contributed by atoms with Crippen LogP contribution >= 0.6 is 0 Å². The number of carbonyl (C=O) groups excluding carboxylic acids is 3. The lowest BCUT2D eigenvalue weighted by Crippen LogP contribution is -2.51. The Morgan fingerprint density at radius 1 is 1.19 bits per heavy atom. The first-order chi connectivity index (χ1) is 12.4. The zero-order chi connectivity index (χ0) is 19.3. The van der Waals surface area contributed by atoms with E-state index >= 15 is 0 Å². The lowest BCUT2D eigenvalue weighted by molar-refractivity contribution is -0.139. The van der Waals surface area contributed by atoms with Gasteiger partial charge in [0.05, 0.1) is 23.9 Å². The molecule has 1 aromatic carbocycles. The third-order valence-electron chi connectivity index (χ3n) is 3.87. The number of rotatable bonds is 6. The Bertz CT molecular complexity index is 756. The first-order valence-electron chi connectivity index (χ1n) is 8.31. The van der Waals surface area contributed by atoms with E-state index in [0.717, 1.165) is 5.56 Å². The molecule has 1 aliphatic rings. The fourth-order valence-corrected chi connectivity index (χ4v) is 2.61. The van der Waals surface area contributed by atoms with Gasteiger partial charge in [-0.2, -0.15) is 0 Å². The second-order valence-electron chi connectivity index (χ2n) is 5.77. The van der Waals surface area contributed by atoms with Crippen molar-refractivity contribution in [1.29, 1.82) is 0 Å². The van der Waals surface area contributed by atoms with Crippen molar-refractivity contribution >= 4 is 18.0 Å². The number of nitrogens with one attached hydrogen (secondary N) is 2. The van der Waals surface area contributed by atoms with E-state index < -0.39 is 24.0 Å². The summed E-state index contributed by atoms with van der Waals surface area (Å²) in [6, 6.07) is 3.53. The van der Waals surface area contributed by atoms with E-state index in [1.54, 1.807) is 19.9 Å². The number of esters is 2. The first kappa shape index (κ1) is 19.3. The highest BCUT2D eigenvalue weighted by atomic mass is 16.5. The average Bonchev–Trinajstić information content (AvgIpc) is 2.59. The van der Waals surface area contributed by atoms with Crippen LogP contribution in [0, 0.1) is 6.92 Å². The molecule has 0 bridgehead atoms. The maximum atomic E-state index is 12.2. The molecule has 0 aliphatic carbocycles. The van der Waals surface area contributed by atoms with E-state index in [0.29, 0.717) is 6.42 Å². The Morgan fingerprint density at radius 2 is 1.92 bits per heavy atom. The van der Waals surface area contributed by atoms with Gasteiger partial charge in [0, 0.05) is 0 Å². The Morgan fingerprint density at radius 3 is 2.54 bits per heavy atom. The van der Waals surface area contributed by atoms with Gasteiger partial charge in [0.2, 0.25) is 0 Å². The molecule has 0 radical (unpaired) electrons. The Balaban J connectivity index is 2.23. The lowest BCUT2D eigenvalue weighted by atomic mass is 10.0. The highest BCUT2D eigenvalue weighted by molar-refractivity contribution is 5.95. The number of urea groups is 1. The van der Waals surface area contributed by atoms with Crippen LogP contribution in [0.1, 0.15) is 36.2 Å². The summed E-state index contributed by atoms with van der Waals surface area (Å²) < 4.78 is 10.2. The largest absolute Gasteiger partial charge is 0.507 e. The number of aromatic hydroxyl groups is 1. The zero-order valence-electron chi connectivity index (χ0n) is 14.9. The van der Waals surface area contributed by atoms with Crippen LogP contribution in [-0.2, 0) is 14.3 Å². The van der Waals surface area contributed by atoms with Gasteiger partial charge < -0.3 is 25.2 Å². The highest BCUT2D eigenvalue weighted by Crippen LogP contribution is 2.21. The molecular weight excluding hydrogens is 340 g/mol. The minimum absolute atomic E-state index is 0.00110. The number of benzene rings is 1. The average molecular weight is 362 g/mol. The van der Waals surface area contributed by atoms with E-state index in [-0.39, 0.29) is 35.8 Å². The summed E-state index contributed by atoms with van der Waals surface area (Å²) in [4.78, 5) is 36.2. The quantitative estimate of drug-likeness (QED) is 0.665. The number of carbonyl (C=O) groups is 3. The van der Waals surface area contributed by atoms with Crippen LogP contribution in [0.5, 0.6) is 5.75 Å². The molecule has 0 aromatic heterocycles. The van der Waals surface area contributed by atoms with Gasteiger partial charge in [0.15, 0.2) is 0 Å². The molecule has 8 nitrogen and oxygen atoms in total. The van der Waals surface area contributed by atoms with Crippen molar-refractivity contribution in [2.24, 2.45) is 0 Å². The second-order valence-corrected chi connectivity index (χ2v) is 5.77. The van der Waals surface area contributed by atoms with E-state index in [4.69, 9.17) is 9.47 Å². The van der Waals surface area contributed by atoms with Gasteiger partial charge in [-0.1, -0.05) is 13.0 Å². The van der Waals surface area contributed by atoms with Gasteiger partial charge in [-0.05, 0) is 38.0 Å². The number of phenols is 1. The van der Waals surface area contributed by atoms with E-state index in [1.165, 1.54) is 12.1 Å². The van der Waals surface area contributed by atoms with Gasteiger partial charge in [0.1, 0.15) is 17.9 Å². The summed E-state index contributed by atoms with van der Waals surface area (Å²) in [5, 5.41) is 15.0. The van der Waals surface area contributed by atoms with Crippen molar-refractivity contribution < 1.29 is 29.0 Å². The molecule has 1 atom stereocenters. The number of phenolic OH excluding ortho intramolecular Hbond substituents is 1. The third kappa shape index (κ3) is 4.33. The molecule has 2 rings (SSSR count). The van der Waals surface area contributed by atoms with E-state index in [2.05, 4.69) is 10.6 Å². The van der Waals surface area contributed by atoms with Gasteiger partial charge in [-0.25, -0.2) is 14.4 Å². The number of ether oxygens (including phenoxy) is 2. The number of amides is 2. The second kappa shape index (κ2) is 8.37. The van der Waals surface area contributed by atoms with Gasteiger partial charge in [-0.3, -0.25) is 0 Å². The molecule has 3 N–H and O–H groups in total. The minimum Gasteiger partial charge on any atom is -0.507 e. The van der Waals surface area contributed by atoms with E-state index in [1.807, 2.05) is 6.92 Å². The van der Waals surface area contributed by atoms with Crippen LogP contribution in [0.3, 0.4) is 0 Å². The van der Waals surface area contributed by atoms with Crippen molar-refractivity contribution in [2.45, 2.75) is 33.2 Å². The summed E-state index contributed by atoms with van der Waals surface area (Å²) in [5.74, 6) is -1.55. The lowest BCUT2D eigenvalue weighted by Gasteiger charge is -2.28. The van der Waals surface area contributed by atoms with Gasteiger partial charge in [-0.15, -0.1) is 0 Å².